The van der Waals surface area contributed by atoms with Crippen molar-refractivity contribution in [2.45, 2.75) is 26.3 Å². The summed E-state index contributed by atoms with van der Waals surface area (Å²) in [6.07, 6.45) is 2.26. The maximum Gasteiger partial charge on any atom is 0.146 e. The predicted molar refractivity (Wildman–Crippen MR) is 58.0 cm³/mol. The summed E-state index contributed by atoms with van der Waals surface area (Å²) in [5.74, 6) is -0.307. The molecule has 0 saturated heterocycles. The van der Waals surface area contributed by atoms with Gasteiger partial charge in [-0.05, 0) is 19.0 Å². The number of halogens is 2. The first-order valence-corrected chi connectivity index (χ1v) is 5.27. The first-order valence-electron chi connectivity index (χ1n) is 4.89. The number of rotatable bonds is 5. The molecule has 0 aromatic heterocycles. The number of nitrogens with one attached hydrogen (secondary N) is 1. The van der Waals surface area contributed by atoms with Crippen molar-refractivity contribution in [3.63, 3.8) is 0 Å². The van der Waals surface area contributed by atoms with Crippen LogP contribution in [-0.4, -0.2) is 6.54 Å². The zero-order chi connectivity index (χ0) is 10.4. The number of benzene rings is 1. The minimum absolute atomic E-state index is 0.194. The van der Waals surface area contributed by atoms with Crippen molar-refractivity contribution in [1.29, 1.82) is 0 Å². The Morgan fingerprint density at radius 2 is 2.21 bits per heavy atom. The molecule has 3 heteroatoms. The maximum atomic E-state index is 13.3. The molecule has 1 aromatic rings. The van der Waals surface area contributed by atoms with E-state index in [1.807, 2.05) is 0 Å². The van der Waals surface area contributed by atoms with Gasteiger partial charge < -0.3 is 5.32 Å². The summed E-state index contributed by atoms with van der Waals surface area (Å²) in [6.45, 7) is 3.59. The standard InChI is InChI=1S/C11H15ClFN/c1-2-3-7-14-8-9-5-4-6-10(12)11(9)13/h4-6,14H,2-3,7-8H2,1H3. The highest BCUT2D eigenvalue weighted by Gasteiger charge is 2.04. The number of unbranched alkanes of at least 4 members (excludes halogenated alkanes) is 1. The lowest BCUT2D eigenvalue weighted by atomic mass is 10.2. The van der Waals surface area contributed by atoms with Gasteiger partial charge in [-0.1, -0.05) is 37.1 Å². The lowest BCUT2D eigenvalue weighted by molar-refractivity contribution is 0.580. The fraction of sp³-hybridized carbons (Fsp3) is 0.455. The highest BCUT2D eigenvalue weighted by atomic mass is 35.5. The minimum atomic E-state index is -0.307. The maximum absolute atomic E-state index is 13.3. The highest BCUT2D eigenvalue weighted by Crippen LogP contribution is 2.17. The molecule has 0 aliphatic rings. The molecule has 0 aliphatic carbocycles. The molecule has 1 rings (SSSR count). The lowest BCUT2D eigenvalue weighted by Gasteiger charge is -2.05. The highest BCUT2D eigenvalue weighted by molar-refractivity contribution is 6.30. The van der Waals surface area contributed by atoms with Gasteiger partial charge in [0, 0.05) is 12.1 Å². The molecule has 0 radical (unpaired) electrons. The molecule has 0 spiro atoms. The van der Waals surface area contributed by atoms with Gasteiger partial charge in [0.15, 0.2) is 0 Å². The molecular weight excluding hydrogens is 201 g/mol. The molecule has 1 aromatic carbocycles. The number of hydrogen-bond acceptors (Lipinski definition) is 1. The second-order valence-electron chi connectivity index (χ2n) is 3.24. The van der Waals surface area contributed by atoms with Crippen LogP contribution in [0.1, 0.15) is 25.3 Å². The fourth-order valence-corrected chi connectivity index (χ4v) is 1.40. The van der Waals surface area contributed by atoms with E-state index in [1.54, 1.807) is 18.2 Å². The molecule has 0 bridgehead atoms. The van der Waals surface area contributed by atoms with E-state index in [0.717, 1.165) is 19.4 Å². The van der Waals surface area contributed by atoms with Crippen LogP contribution in [0.2, 0.25) is 5.02 Å². The number of hydrogen-bond donors (Lipinski definition) is 1. The van der Waals surface area contributed by atoms with Gasteiger partial charge in [-0.2, -0.15) is 0 Å². The topological polar surface area (TPSA) is 12.0 Å². The Balaban J connectivity index is 2.46. The normalized spacial score (nSPS) is 10.5. The molecule has 78 valence electrons. The Kier molecular flexibility index (Phi) is 4.91. The summed E-state index contributed by atoms with van der Waals surface area (Å²) in [6, 6.07) is 5.08. The Bertz CT molecular complexity index is 289. The molecular formula is C11H15ClFN. The van der Waals surface area contributed by atoms with E-state index < -0.39 is 0 Å². The lowest BCUT2D eigenvalue weighted by Crippen LogP contribution is -2.15. The van der Waals surface area contributed by atoms with Crippen LogP contribution in [-0.2, 0) is 6.54 Å². The first kappa shape index (κ1) is 11.5. The van der Waals surface area contributed by atoms with E-state index in [2.05, 4.69) is 12.2 Å². The predicted octanol–water partition coefficient (Wildman–Crippen LogP) is 3.37. The van der Waals surface area contributed by atoms with Crippen molar-refractivity contribution in [2.24, 2.45) is 0 Å². The van der Waals surface area contributed by atoms with Crippen molar-refractivity contribution >= 4 is 11.6 Å². The third kappa shape index (κ3) is 3.28. The van der Waals surface area contributed by atoms with Crippen LogP contribution in [0, 0.1) is 5.82 Å². The average molecular weight is 216 g/mol. The van der Waals surface area contributed by atoms with Gasteiger partial charge in [-0.15, -0.1) is 0 Å². The molecule has 0 saturated carbocycles. The molecule has 0 fully saturated rings. The van der Waals surface area contributed by atoms with Crippen LogP contribution in [0.3, 0.4) is 0 Å². The largest absolute Gasteiger partial charge is 0.313 e. The van der Waals surface area contributed by atoms with Crippen LogP contribution in [0.15, 0.2) is 18.2 Å². The second kappa shape index (κ2) is 5.99. The summed E-state index contributed by atoms with van der Waals surface area (Å²) in [4.78, 5) is 0. The summed E-state index contributed by atoms with van der Waals surface area (Å²) < 4.78 is 13.3. The van der Waals surface area contributed by atoms with Crippen molar-refractivity contribution in [3.8, 4) is 0 Å². The summed E-state index contributed by atoms with van der Waals surface area (Å²) >= 11 is 5.65. The van der Waals surface area contributed by atoms with Crippen molar-refractivity contribution in [2.75, 3.05) is 6.54 Å². The van der Waals surface area contributed by atoms with Crippen molar-refractivity contribution < 1.29 is 4.39 Å². The van der Waals surface area contributed by atoms with Crippen LogP contribution >= 0.6 is 11.6 Å². The van der Waals surface area contributed by atoms with Crippen LogP contribution in [0.5, 0.6) is 0 Å². The first-order chi connectivity index (χ1) is 6.75. The monoisotopic (exact) mass is 215 g/mol. The van der Waals surface area contributed by atoms with Crippen LogP contribution in [0.4, 0.5) is 4.39 Å². The molecule has 0 atom stereocenters. The molecule has 0 unspecified atom stereocenters. The van der Waals surface area contributed by atoms with Gasteiger partial charge in [0.2, 0.25) is 0 Å². The third-order valence-electron chi connectivity index (χ3n) is 2.05. The van der Waals surface area contributed by atoms with Crippen molar-refractivity contribution in [1.82, 2.24) is 5.32 Å². The average Bonchev–Trinajstić information content (AvgIpc) is 2.19. The molecule has 0 aliphatic heterocycles. The molecule has 0 heterocycles. The van der Waals surface area contributed by atoms with E-state index in [4.69, 9.17) is 11.6 Å². The van der Waals surface area contributed by atoms with Crippen LogP contribution in [0.25, 0.3) is 0 Å². The van der Waals surface area contributed by atoms with E-state index >= 15 is 0 Å². The van der Waals surface area contributed by atoms with Gasteiger partial charge in [-0.3, -0.25) is 0 Å². The smallest absolute Gasteiger partial charge is 0.146 e. The Morgan fingerprint density at radius 3 is 2.93 bits per heavy atom. The Labute approximate surface area is 89.3 Å². The van der Waals surface area contributed by atoms with E-state index in [1.165, 1.54) is 0 Å². The van der Waals surface area contributed by atoms with Gasteiger partial charge >= 0.3 is 0 Å². The van der Waals surface area contributed by atoms with Crippen molar-refractivity contribution in [3.05, 3.63) is 34.6 Å². The van der Waals surface area contributed by atoms with Gasteiger partial charge in [-0.25, -0.2) is 4.39 Å². The SMILES string of the molecule is CCCCNCc1cccc(Cl)c1F. The molecule has 1 nitrogen and oxygen atoms in total. The zero-order valence-corrected chi connectivity index (χ0v) is 9.07. The Morgan fingerprint density at radius 1 is 1.43 bits per heavy atom. The van der Waals surface area contributed by atoms with Crippen LogP contribution < -0.4 is 5.32 Å². The second-order valence-corrected chi connectivity index (χ2v) is 3.65. The zero-order valence-electron chi connectivity index (χ0n) is 8.32. The summed E-state index contributed by atoms with van der Waals surface area (Å²) in [7, 11) is 0. The fourth-order valence-electron chi connectivity index (χ4n) is 1.21. The Hall–Kier alpha value is -0.600. The molecule has 1 N–H and O–H groups in total. The molecule has 14 heavy (non-hydrogen) atoms. The van der Waals surface area contributed by atoms with E-state index in [-0.39, 0.29) is 10.8 Å². The van der Waals surface area contributed by atoms with Gasteiger partial charge in [0.1, 0.15) is 5.82 Å². The van der Waals surface area contributed by atoms with E-state index in [9.17, 15) is 4.39 Å². The van der Waals surface area contributed by atoms with Gasteiger partial charge in [0.25, 0.3) is 0 Å². The van der Waals surface area contributed by atoms with E-state index in [0.29, 0.717) is 12.1 Å². The third-order valence-corrected chi connectivity index (χ3v) is 2.35. The quantitative estimate of drug-likeness (QED) is 0.743. The minimum Gasteiger partial charge on any atom is -0.313 e. The summed E-state index contributed by atoms with van der Waals surface area (Å²) in [5.41, 5.74) is 0.633. The van der Waals surface area contributed by atoms with Gasteiger partial charge in [0.05, 0.1) is 5.02 Å². The summed E-state index contributed by atoms with van der Waals surface area (Å²) in [5, 5.41) is 3.37. The molecule has 0 amide bonds.